The van der Waals surface area contributed by atoms with Gasteiger partial charge in [-0.05, 0) is 59.4 Å². The van der Waals surface area contributed by atoms with Gasteiger partial charge in [0.05, 0.1) is 34.8 Å². The summed E-state index contributed by atoms with van der Waals surface area (Å²) in [4.78, 5) is 36.5. The van der Waals surface area contributed by atoms with Crippen LogP contribution in [-0.2, 0) is 25.7 Å². The monoisotopic (exact) mass is 564 g/mol. The van der Waals surface area contributed by atoms with Crippen molar-refractivity contribution in [1.82, 2.24) is 9.97 Å². The maximum Gasteiger partial charge on any atom is 0.474 e. The van der Waals surface area contributed by atoms with Crippen molar-refractivity contribution in [2.75, 3.05) is 19.1 Å². The first-order valence-corrected chi connectivity index (χ1v) is 13.7. The standard InChI is InChI=1S/C29H23F3N4O3S/c1-36-22-16-33-21-10-9-17(13-20(21)24(22)28(27(36)38)11-6-12-28)18-14-23(25(39-2)34-15-18)40(19-7-4-3-5-8-19)35-26(37)29(30,31)32/h3-5,7-10,13-16H,6,11-12H2,1-2H3. The summed E-state index contributed by atoms with van der Waals surface area (Å²) in [6.07, 6.45) is 0.696. The number of pyridine rings is 2. The molecule has 1 unspecified atom stereocenters. The number of halogens is 3. The number of rotatable bonds is 4. The quantitative estimate of drug-likeness (QED) is 0.303. The molecule has 2 aromatic heterocycles. The van der Waals surface area contributed by atoms with Crippen molar-refractivity contribution in [1.29, 1.82) is 0 Å². The van der Waals surface area contributed by atoms with Gasteiger partial charge in [0.1, 0.15) is 0 Å². The normalized spacial score (nSPS) is 16.7. The van der Waals surface area contributed by atoms with E-state index in [1.807, 2.05) is 18.2 Å². The molecule has 204 valence electrons. The fraction of sp³-hybridized carbons (Fsp3) is 0.241. The molecule has 3 heterocycles. The highest BCUT2D eigenvalue weighted by Gasteiger charge is 2.54. The molecule has 0 radical (unpaired) electrons. The number of likely N-dealkylation sites (N-methyl/N-ethyl adjacent to an activating group) is 1. The number of benzene rings is 2. The average Bonchev–Trinajstić information content (AvgIpc) is 3.18. The van der Waals surface area contributed by atoms with Gasteiger partial charge in [-0.1, -0.05) is 30.7 Å². The zero-order valence-corrected chi connectivity index (χ0v) is 22.3. The molecule has 1 atom stereocenters. The minimum absolute atomic E-state index is 0.0682. The number of carbonyl (C=O) groups is 2. The lowest BCUT2D eigenvalue weighted by molar-refractivity contribution is -0.169. The SMILES string of the molecule is COc1ncc(-c2ccc3ncc4c(c3c2)C2(CCC2)C(=O)N4C)cc1/S(=N/C(=O)C(F)(F)F)c1ccccc1. The summed E-state index contributed by atoms with van der Waals surface area (Å²) in [7, 11) is 1.47. The van der Waals surface area contributed by atoms with Gasteiger partial charge in [0.2, 0.25) is 11.8 Å². The molecule has 0 saturated heterocycles. The summed E-state index contributed by atoms with van der Waals surface area (Å²) in [5.74, 6) is -2.04. The van der Waals surface area contributed by atoms with Crippen LogP contribution in [0.1, 0.15) is 24.8 Å². The fourth-order valence-corrected chi connectivity index (χ4v) is 7.13. The number of amides is 2. The summed E-state index contributed by atoms with van der Waals surface area (Å²) in [5.41, 5.74) is 3.28. The smallest absolute Gasteiger partial charge is 0.474 e. The van der Waals surface area contributed by atoms with Crippen molar-refractivity contribution in [3.63, 3.8) is 0 Å². The Morgan fingerprint density at radius 3 is 2.45 bits per heavy atom. The van der Waals surface area contributed by atoms with E-state index in [2.05, 4.69) is 14.3 Å². The van der Waals surface area contributed by atoms with Crippen LogP contribution in [0.15, 0.2) is 81.1 Å². The van der Waals surface area contributed by atoms with Gasteiger partial charge in [-0.2, -0.15) is 17.5 Å². The third kappa shape index (κ3) is 4.07. The highest BCUT2D eigenvalue weighted by atomic mass is 32.2. The highest BCUT2D eigenvalue weighted by molar-refractivity contribution is 7.87. The minimum atomic E-state index is -5.12. The van der Waals surface area contributed by atoms with E-state index in [0.717, 1.165) is 47.0 Å². The van der Waals surface area contributed by atoms with Crippen LogP contribution in [0.25, 0.3) is 22.0 Å². The van der Waals surface area contributed by atoms with Crippen molar-refractivity contribution in [2.24, 2.45) is 4.36 Å². The van der Waals surface area contributed by atoms with Crippen LogP contribution in [0.4, 0.5) is 18.9 Å². The predicted molar refractivity (Wildman–Crippen MR) is 144 cm³/mol. The molecule has 1 aliphatic carbocycles. The number of nitrogens with zero attached hydrogens (tertiary/aromatic N) is 4. The zero-order valence-electron chi connectivity index (χ0n) is 21.5. The molecule has 7 nitrogen and oxygen atoms in total. The van der Waals surface area contributed by atoms with E-state index in [1.165, 1.54) is 7.11 Å². The number of anilines is 1. The van der Waals surface area contributed by atoms with Gasteiger partial charge in [-0.15, -0.1) is 0 Å². The molecule has 1 aliphatic heterocycles. The average molecular weight is 565 g/mol. The second-order valence-corrected chi connectivity index (χ2v) is 11.4. The summed E-state index contributed by atoms with van der Waals surface area (Å²) < 4.78 is 48.7. The largest absolute Gasteiger partial charge is 0.480 e. The highest BCUT2D eigenvalue weighted by Crippen LogP contribution is 2.55. The maximum absolute atomic E-state index is 13.3. The number of hydrogen-bond acceptors (Lipinski definition) is 5. The van der Waals surface area contributed by atoms with Crippen LogP contribution in [-0.4, -0.2) is 42.1 Å². The number of methoxy groups -OCH3 is 1. The number of aromatic nitrogens is 2. The Morgan fingerprint density at radius 2 is 1.80 bits per heavy atom. The molecule has 2 aromatic carbocycles. The summed E-state index contributed by atoms with van der Waals surface area (Å²) in [5, 5.41) is 0.851. The first-order chi connectivity index (χ1) is 19.1. The fourth-order valence-electron chi connectivity index (χ4n) is 5.45. The van der Waals surface area contributed by atoms with E-state index in [1.54, 1.807) is 60.7 Å². The molecule has 1 saturated carbocycles. The number of hydrogen-bond donors (Lipinski definition) is 0. The lowest BCUT2D eigenvalue weighted by atomic mass is 9.64. The third-order valence-corrected chi connectivity index (χ3v) is 9.32. The van der Waals surface area contributed by atoms with Crippen LogP contribution in [0, 0.1) is 0 Å². The zero-order chi connectivity index (χ0) is 28.2. The molecular weight excluding hydrogens is 541 g/mol. The van der Waals surface area contributed by atoms with Gasteiger partial charge in [-0.25, -0.2) is 4.98 Å². The summed E-state index contributed by atoms with van der Waals surface area (Å²) in [6.45, 7) is 0. The molecule has 0 N–H and O–H groups in total. The van der Waals surface area contributed by atoms with E-state index in [9.17, 15) is 22.8 Å². The Hall–Kier alpha value is -4.12. The summed E-state index contributed by atoms with van der Waals surface area (Å²) in [6, 6.07) is 15.6. The van der Waals surface area contributed by atoms with Gasteiger partial charge in [-0.3, -0.25) is 14.6 Å². The lowest BCUT2D eigenvalue weighted by Gasteiger charge is -2.37. The molecule has 6 rings (SSSR count). The van der Waals surface area contributed by atoms with Crippen LogP contribution in [0.2, 0.25) is 0 Å². The van der Waals surface area contributed by atoms with E-state index < -0.39 is 28.2 Å². The summed E-state index contributed by atoms with van der Waals surface area (Å²) >= 11 is 0. The number of carbonyl (C=O) groups excluding carboxylic acids is 2. The first kappa shape index (κ1) is 26.1. The van der Waals surface area contributed by atoms with E-state index >= 15 is 0 Å². The Morgan fingerprint density at radius 1 is 1.05 bits per heavy atom. The Labute approximate surface area is 230 Å². The van der Waals surface area contributed by atoms with Crippen molar-refractivity contribution >= 4 is 39.1 Å². The Bertz CT molecular complexity index is 1720. The molecule has 40 heavy (non-hydrogen) atoms. The number of ether oxygens (including phenoxy) is 1. The van der Waals surface area contributed by atoms with Gasteiger partial charge >= 0.3 is 12.1 Å². The first-order valence-electron chi connectivity index (χ1n) is 12.5. The third-order valence-electron chi connectivity index (χ3n) is 7.55. The molecule has 11 heteroatoms. The predicted octanol–water partition coefficient (Wildman–Crippen LogP) is 6.01. The van der Waals surface area contributed by atoms with Crippen molar-refractivity contribution in [2.45, 2.75) is 40.6 Å². The van der Waals surface area contributed by atoms with Crippen LogP contribution in [0.3, 0.4) is 0 Å². The Balaban J connectivity index is 1.53. The molecule has 2 aliphatic rings. The molecule has 1 fully saturated rings. The van der Waals surface area contributed by atoms with Gasteiger partial charge < -0.3 is 9.64 Å². The van der Waals surface area contributed by atoms with Crippen molar-refractivity contribution < 1.29 is 27.5 Å². The molecule has 4 aromatic rings. The van der Waals surface area contributed by atoms with E-state index in [-0.39, 0.29) is 16.7 Å². The van der Waals surface area contributed by atoms with E-state index in [0.29, 0.717) is 10.5 Å². The molecule has 1 spiro atoms. The van der Waals surface area contributed by atoms with Gasteiger partial charge in [0.15, 0.2) is 0 Å². The van der Waals surface area contributed by atoms with Crippen LogP contribution >= 0.6 is 0 Å². The molecule has 0 bridgehead atoms. The van der Waals surface area contributed by atoms with Crippen LogP contribution in [0.5, 0.6) is 5.88 Å². The molecule has 2 amide bonds. The number of fused-ring (bicyclic) bond motifs is 4. The topological polar surface area (TPSA) is 84.8 Å². The minimum Gasteiger partial charge on any atom is -0.480 e. The second kappa shape index (κ2) is 9.51. The Kier molecular flexibility index (Phi) is 6.21. The second-order valence-electron chi connectivity index (χ2n) is 9.77. The maximum atomic E-state index is 13.3. The lowest BCUT2D eigenvalue weighted by Crippen LogP contribution is -2.43. The van der Waals surface area contributed by atoms with Gasteiger partial charge in [0, 0.05) is 34.7 Å². The van der Waals surface area contributed by atoms with Crippen LogP contribution < -0.4 is 9.64 Å². The number of alkyl halides is 3. The van der Waals surface area contributed by atoms with Gasteiger partial charge in [0.25, 0.3) is 0 Å². The molecular formula is C29H23F3N4O3S. The van der Waals surface area contributed by atoms with E-state index in [4.69, 9.17) is 4.74 Å². The van der Waals surface area contributed by atoms with Crippen molar-refractivity contribution in [3.8, 4) is 17.0 Å². The van der Waals surface area contributed by atoms with Crippen molar-refractivity contribution in [3.05, 3.63) is 72.6 Å².